The number of rotatable bonds is 3. The number of nitrogens with two attached hydrogens (primary N) is 1. The second kappa shape index (κ2) is 4.53. The number of hydrogen-bond acceptors (Lipinski definition) is 3. The lowest BCUT2D eigenvalue weighted by atomic mass is 10.0. The van der Waals surface area contributed by atoms with E-state index in [1.54, 1.807) is 19.2 Å². The monoisotopic (exact) mass is 267 g/mol. The highest BCUT2D eigenvalue weighted by atomic mass is 19.3. The van der Waals surface area contributed by atoms with Crippen molar-refractivity contribution in [3.05, 3.63) is 30.0 Å². The van der Waals surface area contributed by atoms with Crippen LogP contribution in [-0.2, 0) is 13.0 Å². The maximum Gasteiger partial charge on any atom is 0.274 e. The van der Waals surface area contributed by atoms with Crippen LogP contribution in [0.2, 0.25) is 0 Å². The van der Waals surface area contributed by atoms with Crippen LogP contribution in [0.25, 0.3) is 11.1 Å². The van der Waals surface area contributed by atoms with Gasteiger partial charge in [-0.25, -0.2) is 8.78 Å². The molecule has 4 nitrogen and oxygen atoms in total. The van der Waals surface area contributed by atoms with E-state index in [-0.39, 0.29) is 11.3 Å². The van der Waals surface area contributed by atoms with Gasteiger partial charge in [0.1, 0.15) is 11.6 Å². The molecule has 0 unspecified atom stereocenters. The highest BCUT2D eigenvalue weighted by Gasteiger charge is 2.30. The number of hydrogen-bond donors (Lipinski definition) is 1. The fraction of sp³-hybridized carbons (Fsp3) is 0.308. The van der Waals surface area contributed by atoms with Gasteiger partial charge < -0.3 is 10.5 Å². The van der Waals surface area contributed by atoms with Crippen LogP contribution < -0.4 is 10.5 Å². The van der Waals surface area contributed by atoms with Gasteiger partial charge in [-0.05, 0) is 6.07 Å². The summed E-state index contributed by atoms with van der Waals surface area (Å²) in [6.07, 6.45) is 1.53. The average molecular weight is 267 g/mol. The number of nitrogen functional groups attached to an aromatic ring is 1. The first kappa shape index (κ1) is 13.3. The molecule has 0 bridgehead atoms. The van der Waals surface area contributed by atoms with Crippen molar-refractivity contribution in [2.24, 2.45) is 7.05 Å². The van der Waals surface area contributed by atoms with Crippen molar-refractivity contribution < 1.29 is 13.5 Å². The minimum absolute atomic E-state index is 0.120. The number of aromatic nitrogens is 2. The highest BCUT2D eigenvalue weighted by molar-refractivity contribution is 5.79. The van der Waals surface area contributed by atoms with Crippen molar-refractivity contribution in [2.75, 3.05) is 12.8 Å². The van der Waals surface area contributed by atoms with Crippen molar-refractivity contribution >= 4 is 5.82 Å². The summed E-state index contributed by atoms with van der Waals surface area (Å²) < 4.78 is 33.8. The second-order valence-electron chi connectivity index (χ2n) is 4.34. The summed E-state index contributed by atoms with van der Waals surface area (Å²) in [6.45, 7) is 0.835. The first-order chi connectivity index (χ1) is 8.86. The van der Waals surface area contributed by atoms with Gasteiger partial charge in [-0.15, -0.1) is 0 Å². The van der Waals surface area contributed by atoms with E-state index < -0.39 is 5.92 Å². The molecule has 0 saturated heterocycles. The van der Waals surface area contributed by atoms with Crippen LogP contribution in [0.4, 0.5) is 14.6 Å². The average Bonchev–Trinajstić information content (AvgIpc) is 2.68. The minimum Gasteiger partial charge on any atom is -0.496 e. The number of aryl methyl sites for hydroxylation is 1. The summed E-state index contributed by atoms with van der Waals surface area (Å²) in [7, 11) is 3.05. The zero-order valence-electron chi connectivity index (χ0n) is 10.9. The van der Waals surface area contributed by atoms with Crippen LogP contribution in [0.1, 0.15) is 12.5 Å². The zero-order chi connectivity index (χ0) is 14.2. The Hall–Kier alpha value is -2.11. The summed E-state index contributed by atoms with van der Waals surface area (Å²) in [5, 5.41) is 4.01. The molecule has 2 rings (SSSR count). The Labute approximate surface area is 109 Å². The molecule has 1 aromatic heterocycles. The second-order valence-corrected chi connectivity index (χ2v) is 4.34. The molecule has 0 fully saturated rings. The summed E-state index contributed by atoms with van der Waals surface area (Å²) in [4.78, 5) is 0. The van der Waals surface area contributed by atoms with E-state index in [1.807, 2.05) is 0 Å². The van der Waals surface area contributed by atoms with E-state index >= 15 is 0 Å². The summed E-state index contributed by atoms with van der Waals surface area (Å²) >= 11 is 0. The lowest BCUT2D eigenvalue weighted by molar-refractivity contribution is 0.0151. The molecule has 102 valence electrons. The number of halogens is 2. The summed E-state index contributed by atoms with van der Waals surface area (Å²) in [5.41, 5.74) is 6.79. The molecule has 0 aliphatic rings. The number of anilines is 1. The number of methoxy groups -OCH3 is 1. The quantitative estimate of drug-likeness (QED) is 0.930. The summed E-state index contributed by atoms with van der Waals surface area (Å²) in [5.74, 6) is -2.47. The molecule has 0 spiro atoms. The van der Waals surface area contributed by atoms with E-state index in [1.165, 1.54) is 24.1 Å². The van der Waals surface area contributed by atoms with E-state index in [2.05, 4.69) is 5.10 Å². The molecule has 0 aliphatic heterocycles. The molecule has 2 aromatic rings. The Bertz CT molecular complexity index is 602. The van der Waals surface area contributed by atoms with E-state index in [0.717, 1.165) is 6.92 Å². The van der Waals surface area contributed by atoms with Crippen molar-refractivity contribution in [2.45, 2.75) is 12.8 Å². The fourth-order valence-electron chi connectivity index (χ4n) is 1.97. The van der Waals surface area contributed by atoms with Gasteiger partial charge in [-0.1, -0.05) is 12.1 Å². The molecular formula is C13H15F2N3O. The maximum atomic E-state index is 13.6. The maximum absolute atomic E-state index is 13.6. The van der Waals surface area contributed by atoms with Crippen LogP contribution in [-0.4, -0.2) is 16.9 Å². The van der Waals surface area contributed by atoms with Crippen LogP contribution >= 0.6 is 0 Å². The Morgan fingerprint density at radius 3 is 2.47 bits per heavy atom. The molecule has 0 aliphatic carbocycles. The Balaban J connectivity index is 2.68. The number of alkyl halides is 2. The third-order valence-electron chi connectivity index (χ3n) is 2.97. The minimum atomic E-state index is -2.99. The number of nitrogens with zero attached hydrogens (tertiary/aromatic N) is 2. The van der Waals surface area contributed by atoms with Crippen LogP contribution in [0.3, 0.4) is 0 Å². The van der Waals surface area contributed by atoms with Crippen molar-refractivity contribution in [3.63, 3.8) is 0 Å². The predicted octanol–water partition coefficient (Wildman–Crippen LogP) is 2.79. The lowest BCUT2D eigenvalue weighted by Gasteiger charge is -2.17. The predicted molar refractivity (Wildman–Crippen MR) is 69.2 cm³/mol. The molecule has 6 heteroatoms. The van der Waals surface area contributed by atoms with Gasteiger partial charge in [0.15, 0.2) is 0 Å². The molecule has 2 N–H and O–H groups in total. The molecule has 0 atom stereocenters. The Morgan fingerprint density at radius 1 is 1.32 bits per heavy atom. The standard InChI is InChI=1S/C13H15F2N3O/c1-13(14,15)10-6-4-5-8(11(10)19-3)9-7-17-18(2)12(9)16/h4-7H,16H2,1-3H3. The largest absolute Gasteiger partial charge is 0.496 e. The molecule has 1 aromatic carbocycles. The third-order valence-corrected chi connectivity index (χ3v) is 2.97. The number of ether oxygens (including phenoxy) is 1. The van der Waals surface area contributed by atoms with Gasteiger partial charge >= 0.3 is 0 Å². The molecule has 0 radical (unpaired) electrons. The van der Waals surface area contributed by atoms with Gasteiger partial charge in [-0.3, -0.25) is 4.68 Å². The van der Waals surface area contributed by atoms with Crippen molar-refractivity contribution in [1.82, 2.24) is 9.78 Å². The normalized spacial score (nSPS) is 11.6. The van der Waals surface area contributed by atoms with Crippen LogP contribution in [0, 0.1) is 0 Å². The Morgan fingerprint density at radius 2 is 2.00 bits per heavy atom. The molecular weight excluding hydrogens is 252 g/mol. The lowest BCUT2D eigenvalue weighted by Crippen LogP contribution is -2.10. The zero-order valence-corrected chi connectivity index (χ0v) is 10.9. The van der Waals surface area contributed by atoms with Crippen LogP contribution in [0.5, 0.6) is 5.75 Å². The molecule has 19 heavy (non-hydrogen) atoms. The molecule has 0 amide bonds. The van der Waals surface area contributed by atoms with E-state index in [0.29, 0.717) is 16.9 Å². The van der Waals surface area contributed by atoms with Gasteiger partial charge in [0, 0.05) is 25.1 Å². The smallest absolute Gasteiger partial charge is 0.274 e. The highest BCUT2D eigenvalue weighted by Crippen LogP contribution is 2.41. The SMILES string of the molecule is COc1c(-c2cnn(C)c2N)cccc1C(C)(F)F. The fourth-order valence-corrected chi connectivity index (χ4v) is 1.97. The first-order valence-corrected chi connectivity index (χ1v) is 5.69. The van der Waals surface area contributed by atoms with Crippen molar-refractivity contribution in [1.29, 1.82) is 0 Å². The van der Waals surface area contributed by atoms with Crippen LogP contribution in [0.15, 0.2) is 24.4 Å². The third kappa shape index (κ3) is 2.25. The molecule has 0 saturated carbocycles. The van der Waals surface area contributed by atoms with Gasteiger partial charge in [-0.2, -0.15) is 5.10 Å². The topological polar surface area (TPSA) is 53.1 Å². The molecule has 1 heterocycles. The van der Waals surface area contributed by atoms with Gasteiger partial charge in [0.2, 0.25) is 0 Å². The van der Waals surface area contributed by atoms with Crippen molar-refractivity contribution in [3.8, 4) is 16.9 Å². The Kier molecular flexibility index (Phi) is 3.18. The first-order valence-electron chi connectivity index (χ1n) is 5.69. The number of benzene rings is 1. The van der Waals surface area contributed by atoms with E-state index in [9.17, 15) is 8.78 Å². The summed E-state index contributed by atoms with van der Waals surface area (Å²) in [6, 6.07) is 4.58. The van der Waals surface area contributed by atoms with Gasteiger partial charge in [0.25, 0.3) is 5.92 Å². The number of para-hydroxylation sites is 1. The van der Waals surface area contributed by atoms with Gasteiger partial charge in [0.05, 0.1) is 18.9 Å². The van der Waals surface area contributed by atoms with E-state index in [4.69, 9.17) is 10.5 Å².